The van der Waals surface area contributed by atoms with Gasteiger partial charge >= 0.3 is 5.97 Å². The molecule has 0 aromatic heterocycles. The van der Waals surface area contributed by atoms with Crippen LogP contribution in [-0.4, -0.2) is 47.7 Å². The summed E-state index contributed by atoms with van der Waals surface area (Å²) in [7, 11) is 0. The highest BCUT2D eigenvalue weighted by Crippen LogP contribution is 2.08. The van der Waals surface area contributed by atoms with Gasteiger partial charge in [-0.15, -0.1) is 0 Å². The molecule has 0 aliphatic carbocycles. The van der Waals surface area contributed by atoms with Crippen LogP contribution in [0, 0.1) is 5.82 Å². The Balaban J connectivity index is 2.40. The van der Waals surface area contributed by atoms with E-state index in [0.29, 0.717) is 5.56 Å². The number of benzene rings is 1. The summed E-state index contributed by atoms with van der Waals surface area (Å²) in [4.78, 5) is 34.8. The number of rotatable bonds is 9. The number of nitrogens with one attached hydrogen (secondary N) is 2. The molecule has 1 rings (SSSR count). The minimum Gasteiger partial charge on any atom is -0.480 e. The number of ether oxygens (including phenoxy) is 1. The molecular formula is C18H25FN2O5. The van der Waals surface area contributed by atoms with Crippen LogP contribution in [0.25, 0.3) is 0 Å². The lowest BCUT2D eigenvalue weighted by Gasteiger charge is -2.21. The standard InChI is InChI=1S/C18H25FN2O5/c1-18(2,3)26-8-7-14(17(24)25)21-16(23)11-20-15(22)10-12-5-4-6-13(19)9-12/h4-6,9,14H,7-8,10-11H2,1-3H3,(H,20,22)(H,21,23)(H,24,25). The number of hydrogen-bond acceptors (Lipinski definition) is 4. The Labute approximate surface area is 151 Å². The normalized spacial score (nSPS) is 12.3. The molecule has 144 valence electrons. The van der Waals surface area contributed by atoms with Crippen LogP contribution >= 0.6 is 0 Å². The quantitative estimate of drug-likeness (QED) is 0.609. The summed E-state index contributed by atoms with van der Waals surface area (Å²) in [5.74, 6) is -2.72. The number of carboxylic acid groups (broad SMARTS) is 1. The Morgan fingerprint density at radius 1 is 1.23 bits per heavy atom. The molecule has 7 nitrogen and oxygen atoms in total. The van der Waals surface area contributed by atoms with Crippen LogP contribution in [0.2, 0.25) is 0 Å². The number of carboxylic acids is 1. The molecule has 0 bridgehead atoms. The Morgan fingerprint density at radius 2 is 1.92 bits per heavy atom. The average molecular weight is 368 g/mol. The van der Waals surface area contributed by atoms with Crippen molar-refractivity contribution in [2.24, 2.45) is 0 Å². The maximum atomic E-state index is 13.1. The Hall–Kier alpha value is -2.48. The molecule has 0 aliphatic rings. The van der Waals surface area contributed by atoms with Crippen LogP contribution in [-0.2, 0) is 25.5 Å². The lowest BCUT2D eigenvalue weighted by atomic mass is 10.1. The van der Waals surface area contributed by atoms with Crippen LogP contribution in [0.1, 0.15) is 32.8 Å². The summed E-state index contributed by atoms with van der Waals surface area (Å²) >= 11 is 0. The van der Waals surface area contributed by atoms with Gasteiger partial charge in [0, 0.05) is 13.0 Å². The van der Waals surface area contributed by atoms with E-state index in [4.69, 9.17) is 9.84 Å². The molecule has 1 aromatic rings. The summed E-state index contributed by atoms with van der Waals surface area (Å²) in [6.07, 6.45) is 0.0302. The van der Waals surface area contributed by atoms with E-state index in [0.717, 1.165) is 0 Å². The minimum absolute atomic E-state index is 0.0766. The third-order valence-electron chi connectivity index (χ3n) is 3.27. The van der Waals surface area contributed by atoms with Gasteiger partial charge in [-0.1, -0.05) is 12.1 Å². The van der Waals surface area contributed by atoms with Crippen molar-refractivity contribution < 1.29 is 28.6 Å². The molecule has 0 radical (unpaired) electrons. The van der Waals surface area contributed by atoms with E-state index in [1.54, 1.807) is 6.07 Å². The van der Waals surface area contributed by atoms with Gasteiger partial charge < -0.3 is 20.5 Å². The highest BCUT2D eigenvalue weighted by atomic mass is 19.1. The zero-order valence-electron chi connectivity index (χ0n) is 15.2. The van der Waals surface area contributed by atoms with Gasteiger partial charge in [0.15, 0.2) is 0 Å². The zero-order chi connectivity index (χ0) is 19.7. The monoisotopic (exact) mass is 368 g/mol. The molecule has 2 amide bonds. The second-order valence-corrected chi connectivity index (χ2v) is 6.79. The van der Waals surface area contributed by atoms with E-state index in [9.17, 15) is 18.8 Å². The lowest BCUT2D eigenvalue weighted by Crippen LogP contribution is -2.46. The molecule has 0 aliphatic heterocycles. The highest BCUT2D eigenvalue weighted by molar-refractivity contribution is 5.88. The van der Waals surface area contributed by atoms with E-state index in [-0.39, 0.29) is 26.0 Å². The fraction of sp³-hybridized carbons (Fsp3) is 0.500. The van der Waals surface area contributed by atoms with Gasteiger partial charge in [-0.25, -0.2) is 9.18 Å². The molecule has 0 fully saturated rings. The Morgan fingerprint density at radius 3 is 2.50 bits per heavy atom. The summed E-state index contributed by atoms with van der Waals surface area (Å²) in [6, 6.07) is 4.48. The van der Waals surface area contributed by atoms with E-state index < -0.39 is 35.2 Å². The fourth-order valence-electron chi connectivity index (χ4n) is 2.06. The molecule has 0 spiro atoms. The van der Waals surface area contributed by atoms with Crippen molar-refractivity contribution in [1.82, 2.24) is 10.6 Å². The number of carbonyl (C=O) groups is 3. The molecule has 26 heavy (non-hydrogen) atoms. The van der Waals surface area contributed by atoms with Gasteiger partial charge in [-0.05, 0) is 38.5 Å². The maximum absolute atomic E-state index is 13.1. The number of aliphatic carboxylic acids is 1. The summed E-state index contributed by atoms with van der Waals surface area (Å²) < 4.78 is 18.5. The zero-order valence-corrected chi connectivity index (χ0v) is 15.2. The molecule has 8 heteroatoms. The lowest BCUT2D eigenvalue weighted by molar-refractivity contribution is -0.142. The number of halogens is 1. The maximum Gasteiger partial charge on any atom is 0.326 e. The summed E-state index contributed by atoms with van der Waals surface area (Å²) in [5, 5.41) is 13.9. The van der Waals surface area contributed by atoms with Crippen molar-refractivity contribution in [1.29, 1.82) is 0 Å². The van der Waals surface area contributed by atoms with Gasteiger partial charge in [0.05, 0.1) is 18.6 Å². The first kappa shape index (κ1) is 21.6. The van der Waals surface area contributed by atoms with Crippen molar-refractivity contribution in [3.05, 3.63) is 35.6 Å². The molecule has 3 N–H and O–H groups in total. The van der Waals surface area contributed by atoms with Gasteiger partial charge in [0.1, 0.15) is 11.9 Å². The SMILES string of the molecule is CC(C)(C)OCCC(NC(=O)CNC(=O)Cc1cccc(F)c1)C(=O)O. The predicted molar refractivity (Wildman–Crippen MR) is 93.0 cm³/mol. The summed E-state index contributed by atoms with van der Waals surface area (Å²) in [5.41, 5.74) is 0.0726. The number of amides is 2. The molecule has 0 saturated heterocycles. The van der Waals surface area contributed by atoms with Gasteiger partial charge in [0.25, 0.3) is 0 Å². The van der Waals surface area contributed by atoms with Crippen molar-refractivity contribution in [3.8, 4) is 0 Å². The fourth-order valence-corrected chi connectivity index (χ4v) is 2.06. The Kier molecular flexibility index (Phi) is 8.18. The predicted octanol–water partition coefficient (Wildman–Crippen LogP) is 1.26. The van der Waals surface area contributed by atoms with Crippen molar-refractivity contribution in [2.75, 3.05) is 13.2 Å². The number of hydrogen-bond donors (Lipinski definition) is 3. The molecule has 1 unspecified atom stereocenters. The second kappa shape index (κ2) is 9.86. The first-order valence-corrected chi connectivity index (χ1v) is 8.24. The second-order valence-electron chi connectivity index (χ2n) is 6.79. The van der Waals surface area contributed by atoms with Crippen LogP contribution in [0.4, 0.5) is 4.39 Å². The molecule has 0 heterocycles. The van der Waals surface area contributed by atoms with E-state index in [1.807, 2.05) is 20.8 Å². The van der Waals surface area contributed by atoms with E-state index in [2.05, 4.69) is 10.6 Å². The Bertz CT molecular complexity index is 643. The van der Waals surface area contributed by atoms with Gasteiger partial charge in [0.2, 0.25) is 11.8 Å². The van der Waals surface area contributed by atoms with Crippen LogP contribution in [0.5, 0.6) is 0 Å². The van der Waals surface area contributed by atoms with Crippen LogP contribution < -0.4 is 10.6 Å². The number of carbonyl (C=O) groups excluding carboxylic acids is 2. The van der Waals surface area contributed by atoms with Crippen molar-refractivity contribution in [3.63, 3.8) is 0 Å². The summed E-state index contributed by atoms with van der Waals surface area (Å²) in [6.45, 7) is 5.34. The molecule has 1 atom stereocenters. The topological polar surface area (TPSA) is 105 Å². The average Bonchev–Trinajstić information content (AvgIpc) is 2.50. The van der Waals surface area contributed by atoms with Crippen LogP contribution in [0.15, 0.2) is 24.3 Å². The third-order valence-corrected chi connectivity index (χ3v) is 3.27. The third kappa shape index (κ3) is 9.12. The largest absolute Gasteiger partial charge is 0.480 e. The van der Waals surface area contributed by atoms with Gasteiger partial charge in [-0.2, -0.15) is 0 Å². The molecule has 0 saturated carbocycles. The first-order chi connectivity index (χ1) is 12.1. The minimum atomic E-state index is -1.18. The highest BCUT2D eigenvalue weighted by Gasteiger charge is 2.21. The van der Waals surface area contributed by atoms with Crippen LogP contribution in [0.3, 0.4) is 0 Å². The first-order valence-electron chi connectivity index (χ1n) is 8.24. The van der Waals surface area contributed by atoms with Crippen molar-refractivity contribution >= 4 is 17.8 Å². The molecule has 1 aromatic carbocycles. The van der Waals surface area contributed by atoms with E-state index in [1.165, 1.54) is 18.2 Å². The smallest absolute Gasteiger partial charge is 0.326 e. The van der Waals surface area contributed by atoms with Gasteiger partial charge in [-0.3, -0.25) is 9.59 Å². The molecular weight excluding hydrogens is 343 g/mol. The van der Waals surface area contributed by atoms with Crippen molar-refractivity contribution in [2.45, 2.75) is 45.3 Å². The van der Waals surface area contributed by atoms with E-state index >= 15 is 0 Å².